The molecule has 0 saturated carbocycles. The number of nitrogens with one attached hydrogen (secondary N) is 1. The smallest absolute Gasteiger partial charge is 0.160 e. The van der Waals surface area contributed by atoms with Crippen molar-refractivity contribution in [1.29, 1.82) is 0 Å². The van der Waals surface area contributed by atoms with Crippen molar-refractivity contribution in [3.8, 4) is 0 Å². The number of carbonyl (C=O) groups is 2. The van der Waals surface area contributed by atoms with Gasteiger partial charge < -0.3 is 5.32 Å². The molecule has 0 unspecified atom stereocenters. The molecule has 0 rings (SSSR count). The molecule has 0 heterocycles. The Labute approximate surface area is 263 Å². The van der Waals surface area contributed by atoms with E-state index in [-0.39, 0.29) is 11.6 Å². The predicted molar refractivity (Wildman–Crippen MR) is 186 cm³/mol. The average Bonchev–Trinajstić information content (AvgIpc) is 3.00. The Balaban J connectivity index is 3.77. The summed E-state index contributed by atoms with van der Waals surface area (Å²) in [5, 5.41) is 3.07. The molecule has 3 nitrogen and oxygen atoms in total. The first-order valence-electron chi connectivity index (χ1n) is 18.6. The van der Waals surface area contributed by atoms with Gasteiger partial charge in [0.25, 0.3) is 0 Å². The van der Waals surface area contributed by atoms with E-state index in [9.17, 15) is 9.59 Å². The van der Waals surface area contributed by atoms with Crippen LogP contribution in [0.3, 0.4) is 0 Å². The lowest BCUT2D eigenvalue weighted by Crippen LogP contribution is -2.54. The van der Waals surface area contributed by atoms with Crippen molar-refractivity contribution in [2.45, 2.75) is 206 Å². The van der Waals surface area contributed by atoms with E-state index in [2.05, 4.69) is 43.5 Å². The maximum atomic E-state index is 12.9. The molecule has 0 radical (unpaired) electrons. The minimum Gasteiger partial charge on any atom is -0.302 e. The molecule has 0 aromatic heterocycles. The van der Waals surface area contributed by atoms with E-state index in [1.807, 2.05) is 0 Å². The van der Waals surface area contributed by atoms with Gasteiger partial charge in [0.15, 0.2) is 11.6 Å². The van der Waals surface area contributed by atoms with Crippen molar-refractivity contribution in [2.24, 2.45) is 0 Å². The van der Waals surface area contributed by atoms with Crippen LogP contribution >= 0.6 is 0 Å². The number of ketones is 2. The van der Waals surface area contributed by atoms with Gasteiger partial charge in [0.1, 0.15) is 5.54 Å². The second-order valence-electron chi connectivity index (χ2n) is 12.9. The van der Waals surface area contributed by atoms with Gasteiger partial charge in [-0.2, -0.15) is 0 Å². The number of rotatable bonds is 33. The second kappa shape index (κ2) is 31.2. The minimum absolute atomic E-state index is 0.0698. The Morgan fingerprint density at radius 2 is 0.714 bits per heavy atom. The van der Waals surface area contributed by atoms with Crippen LogP contribution < -0.4 is 5.32 Å². The van der Waals surface area contributed by atoms with Gasteiger partial charge in [0.2, 0.25) is 0 Å². The van der Waals surface area contributed by atoms with Crippen molar-refractivity contribution < 1.29 is 9.59 Å². The quantitative estimate of drug-likeness (QED) is 0.0472. The van der Waals surface area contributed by atoms with Crippen LogP contribution in [0, 0.1) is 0 Å². The van der Waals surface area contributed by atoms with Gasteiger partial charge in [-0.1, -0.05) is 141 Å². The molecule has 0 aromatic rings. The van der Waals surface area contributed by atoms with Crippen molar-refractivity contribution in [1.82, 2.24) is 5.32 Å². The van der Waals surface area contributed by atoms with Gasteiger partial charge in [-0.3, -0.25) is 9.59 Å². The Bertz CT molecular complexity index is 613. The summed E-state index contributed by atoms with van der Waals surface area (Å²) in [4.78, 5) is 25.9. The summed E-state index contributed by atoms with van der Waals surface area (Å²) in [6, 6.07) is 0. The summed E-state index contributed by atoms with van der Waals surface area (Å²) >= 11 is 0. The van der Waals surface area contributed by atoms with Crippen LogP contribution in [0.5, 0.6) is 0 Å². The van der Waals surface area contributed by atoms with Crippen molar-refractivity contribution in [2.75, 3.05) is 7.05 Å². The van der Waals surface area contributed by atoms with Gasteiger partial charge in [0.05, 0.1) is 0 Å². The van der Waals surface area contributed by atoms with Crippen LogP contribution in [0.1, 0.15) is 201 Å². The summed E-state index contributed by atoms with van der Waals surface area (Å²) in [5.74, 6) is 0.140. The van der Waals surface area contributed by atoms with Crippen LogP contribution in [-0.2, 0) is 9.59 Å². The molecule has 1 N–H and O–H groups in total. The van der Waals surface area contributed by atoms with Crippen LogP contribution in [0.15, 0.2) is 24.3 Å². The first-order chi connectivity index (χ1) is 20.5. The number of allylic oxidation sites excluding steroid dienone is 4. The molecule has 0 bridgehead atoms. The normalized spacial score (nSPS) is 12.2. The summed E-state index contributed by atoms with van der Waals surface area (Å²) in [6.45, 7) is 6.34. The van der Waals surface area contributed by atoms with E-state index in [0.717, 1.165) is 25.7 Å². The average molecular weight is 588 g/mol. The molecule has 0 aliphatic carbocycles. The molecule has 42 heavy (non-hydrogen) atoms. The predicted octanol–water partition coefficient (Wildman–Crippen LogP) is 12.2. The number of hydrogen-bond donors (Lipinski definition) is 1. The fourth-order valence-corrected chi connectivity index (χ4v) is 5.65. The molecule has 0 aliphatic heterocycles. The molecule has 0 atom stereocenters. The standard InChI is InChI=1S/C39H73NO2/c1-5-7-9-11-13-15-17-19-21-23-25-27-29-31-33-35-37(41)39(3,40-4)38(42)36-34-32-30-28-26-24-22-20-18-16-14-12-10-8-6-2/h19-22,40H,5-18,23-36H2,1-4H3/b21-19-,22-20-. The van der Waals surface area contributed by atoms with E-state index in [0.29, 0.717) is 12.8 Å². The molecule has 0 amide bonds. The SMILES string of the molecule is CCCCCCCC/C=C\CCCCCCCC(=O)C(C)(NC)C(=O)CCCCCCC/C=C\CCCCCCCC. The van der Waals surface area contributed by atoms with Crippen LogP contribution in [-0.4, -0.2) is 24.2 Å². The number of hydrogen-bond acceptors (Lipinski definition) is 3. The molecule has 0 fully saturated rings. The zero-order valence-electron chi connectivity index (χ0n) is 28.9. The number of carbonyl (C=O) groups excluding carboxylic acids is 2. The van der Waals surface area contributed by atoms with Crippen LogP contribution in [0.25, 0.3) is 0 Å². The van der Waals surface area contributed by atoms with Gasteiger partial charge >= 0.3 is 0 Å². The fourth-order valence-electron chi connectivity index (χ4n) is 5.65. The monoisotopic (exact) mass is 588 g/mol. The highest BCUT2D eigenvalue weighted by molar-refractivity contribution is 6.11. The first-order valence-corrected chi connectivity index (χ1v) is 18.6. The molecule has 0 aromatic carbocycles. The Kier molecular flexibility index (Phi) is 30.3. The summed E-state index contributed by atoms with van der Waals surface area (Å²) < 4.78 is 0. The molecular weight excluding hydrogens is 514 g/mol. The summed E-state index contributed by atoms with van der Waals surface area (Å²) in [6.07, 6.45) is 42.9. The largest absolute Gasteiger partial charge is 0.302 e. The first kappa shape index (κ1) is 40.8. The van der Waals surface area contributed by atoms with Crippen molar-refractivity contribution in [3.63, 3.8) is 0 Å². The highest BCUT2D eigenvalue weighted by Gasteiger charge is 2.37. The number of Topliss-reactive ketones (excluding diaryl/α,β-unsaturated/α-hetero) is 2. The molecule has 0 aliphatic rings. The number of likely N-dealkylation sites (N-methyl/N-ethyl adjacent to an activating group) is 1. The summed E-state index contributed by atoms with van der Waals surface area (Å²) in [5.41, 5.74) is -1.01. The lowest BCUT2D eigenvalue weighted by atomic mass is 9.85. The van der Waals surface area contributed by atoms with Crippen LogP contribution in [0.4, 0.5) is 0 Å². The summed E-state index contributed by atoms with van der Waals surface area (Å²) in [7, 11) is 1.76. The number of unbranched alkanes of at least 4 members (excludes halogenated alkanes) is 22. The van der Waals surface area contributed by atoms with Crippen molar-refractivity contribution >= 4 is 11.6 Å². The van der Waals surface area contributed by atoms with E-state index in [4.69, 9.17) is 0 Å². The third-order valence-electron chi connectivity index (χ3n) is 8.95. The third kappa shape index (κ3) is 24.2. The Hall–Kier alpha value is -1.22. The Morgan fingerprint density at radius 3 is 1.00 bits per heavy atom. The maximum absolute atomic E-state index is 12.9. The van der Waals surface area contributed by atoms with Gasteiger partial charge in [-0.05, 0) is 78.2 Å². The lowest BCUT2D eigenvalue weighted by Gasteiger charge is -2.26. The highest BCUT2D eigenvalue weighted by Crippen LogP contribution is 2.18. The fraction of sp³-hybridized carbons (Fsp3) is 0.846. The maximum Gasteiger partial charge on any atom is 0.160 e. The minimum atomic E-state index is -1.01. The van der Waals surface area contributed by atoms with E-state index in [1.165, 1.54) is 141 Å². The molecule has 0 saturated heterocycles. The molecule has 0 spiro atoms. The second-order valence-corrected chi connectivity index (χ2v) is 12.9. The third-order valence-corrected chi connectivity index (χ3v) is 8.95. The Morgan fingerprint density at radius 1 is 0.452 bits per heavy atom. The highest BCUT2D eigenvalue weighted by atomic mass is 16.2. The van der Waals surface area contributed by atoms with Gasteiger partial charge in [-0.25, -0.2) is 0 Å². The topological polar surface area (TPSA) is 46.2 Å². The van der Waals surface area contributed by atoms with E-state index < -0.39 is 5.54 Å². The molecular formula is C39H73NO2. The zero-order valence-corrected chi connectivity index (χ0v) is 28.9. The van der Waals surface area contributed by atoms with Crippen molar-refractivity contribution in [3.05, 3.63) is 24.3 Å². The van der Waals surface area contributed by atoms with E-state index in [1.54, 1.807) is 14.0 Å². The van der Waals surface area contributed by atoms with Crippen LogP contribution in [0.2, 0.25) is 0 Å². The molecule has 3 heteroatoms. The zero-order chi connectivity index (χ0) is 31.0. The molecule has 246 valence electrons. The van der Waals surface area contributed by atoms with Gasteiger partial charge in [-0.15, -0.1) is 0 Å². The lowest BCUT2D eigenvalue weighted by molar-refractivity contribution is -0.135. The van der Waals surface area contributed by atoms with E-state index >= 15 is 0 Å². The van der Waals surface area contributed by atoms with Gasteiger partial charge in [0, 0.05) is 12.8 Å².